The Labute approximate surface area is 125 Å². The van der Waals surface area contributed by atoms with Crippen molar-refractivity contribution in [1.82, 2.24) is 4.72 Å². The van der Waals surface area contributed by atoms with Gasteiger partial charge in [-0.2, -0.15) is 9.39 Å². The second kappa shape index (κ2) is 5.79. The van der Waals surface area contributed by atoms with Gasteiger partial charge in [0.25, 0.3) is 0 Å². The smallest absolute Gasteiger partial charge is 0.124 e. The summed E-state index contributed by atoms with van der Waals surface area (Å²) in [6.07, 6.45) is 1.93. The largest absolute Gasteiger partial charge is 0.397 e. The number of nitrogen functional groups attached to an aromatic ring is 2. The van der Waals surface area contributed by atoms with E-state index in [2.05, 4.69) is 16.5 Å². The minimum atomic E-state index is -1.34. The van der Waals surface area contributed by atoms with Crippen LogP contribution < -0.4 is 16.2 Å². The third-order valence-electron chi connectivity index (χ3n) is 3.03. The van der Waals surface area contributed by atoms with Crippen molar-refractivity contribution in [2.24, 2.45) is 0 Å². The molecule has 0 heterocycles. The van der Waals surface area contributed by atoms with E-state index in [-0.39, 0.29) is 5.82 Å². The van der Waals surface area contributed by atoms with Crippen LogP contribution in [0.4, 0.5) is 15.8 Å². The van der Waals surface area contributed by atoms with Gasteiger partial charge in [0, 0.05) is 12.1 Å². The van der Waals surface area contributed by atoms with Crippen molar-refractivity contribution in [3.8, 4) is 11.1 Å². The van der Waals surface area contributed by atoms with Crippen LogP contribution in [0.1, 0.15) is 5.56 Å². The lowest BCUT2D eigenvalue weighted by Gasteiger charge is -2.13. The summed E-state index contributed by atoms with van der Waals surface area (Å²) in [4.78, 5) is 0. The van der Waals surface area contributed by atoms with E-state index in [9.17, 15) is 4.39 Å². The first-order valence-corrected chi connectivity index (χ1v) is 8.77. The first kappa shape index (κ1) is 15.4. The maximum atomic E-state index is 13.8. The molecule has 2 rings (SSSR count). The van der Waals surface area contributed by atoms with Crippen LogP contribution in [-0.2, 0) is 6.54 Å². The molecule has 2 aromatic rings. The van der Waals surface area contributed by atoms with E-state index >= 15 is 0 Å². The Hall–Kier alpha value is -1.98. The molecule has 0 fully saturated rings. The maximum absolute atomic E-state index is 13.8. The molecule has 0 spiro atoms. The predicted molar refractivity (Wildman–Crippen MR) is 95.3 cm³/mol. The summed E-state index contributed by atoms with van der Waals surface area (Å²) >= 11 is 0. The van der Waals surface area contributed by atoms with Gasteiger partial charge in [0.05, 0.1) is 11.4 Å². The van der Waals surface area contributed by atoms with Crippen LogP contribution in [0.25, 0.3) is 11.1 Å². The molecule has 21 heavy (non-hydrogen) atoms. The lowest BCUT2D eigenvalue weighted by atomic mass is 10.0. The summed E-state index contributed by atoms with van der Waals surface area (Å²) in [5, 5.41) is 0. The van der Waals surface area contributed by atoms with Gasteiger partial charge in [-0.05, 0) is 41.6 Å². The lowest BCUT2D eigenvalue weighted by molar-refractivity contribution is 0.625. The molecule has 0 saturated heterocycles. The molecule has 0 saturated carbocycles. The molecule has 0 aromatic heterocycles. The van der Waals surface area contributed by atoms with Gasteiger partial charge < -0.3 is 11.5 Å². The fraction of sp³-hybridized carbons (Fsp3) is 0.125. The molecule has 0 unspecified atom stereocenters. The number of nitrogens with one attached hydrogen (secondary N) is 1. The topological polar surface area (TPSA) is 64.1 Å². The van der Waals surface area contributed by atoms with E-state index in [1.165, 1.54) is 12.1 Å². The summed E-state index contributed by atoms with van der Waals surface area (Å²) in [6.45, 7) is 0.506. The Morgan fingerprint density at radius 2 is 1.90 bits per heavy atom. The van der Waals surface area contributed by atoms with Crippen LogP contribution in [0.5, 0.6) is 0 Å². The quantitative estimate of drug-likeness (QED) is 0.601. The Bertz CT molecular complexity index is 767. The number of para-hydroxylation sites is 1. The van der Waals surface area contributed by atoms with Crippen molar-refractivity contribution in [2.75, 3.05) is 17.7 Å². The molecule has 5 N–H and O–H groups in total. The van der Waals surface area contributed by atoms with Gasteiger partial charge in [-0.1, -0.05) is 23.9 Å². The minimum Gasteiger partial charge on any atom is -0.397 e. The van der Waals surface area contributed by atoms with E-state index in [0.29, 0.717) is 23.5 Å². The van der Waals surface area contributed by atoms with Crippen molar-refractivity contribution in [3.63, 3.8) is 0 Å². The monoisotopic (exact) mass is 305 g/mol. The molecule has 3 nitrogen and oxygen atoms in total. The average Bonchev–Trinajstić information content (AvgIpc) is 2.38. The van der Waals surface area contributed by atoms with Gasteiger partial charge in [0.15, 0.2) is 0 Å². The van der Waals surface area contributed by atoms with Crippen LogP contribution in [0.15, 0.2) is 36.4 Å². The minimum absolute atomic E-state index is 0.309. The standard InChI is InChI=1S/C16H20FN3S/c1-21(2,3)20-10-11-7-12(9-13(17)8-11)14-5-4-6-15(18)16(14)19/h4-9,20H,1-2,10,18-19H2,3H3. The van der Waals surface area contributed by atoms with E-state index in [1.54, 1.807) is 12.1 Å². The number of benzene rings is 2. The normalized spacial score (nSPS) is 11.5. The Balaban J connectivity index is 2.41. The highest BCUT2D eigenvalue weighted by atomic mass is 32.2. The zero-order valence-corrected chi connectivity index (χ0v) is 12.8. The van der Waals surface area contributed by atoms with Gasteiger partial charge in [-0.15, -0.1) is 0 Å². The highest BCUT2D eigenvalue weighted by Crippen LogP contribution is 2.31. The van der Waals surface area contributed by atoms with Crippen molar-refractivity contribution < 1.29 is 4.39 Å². The third-order valence-corrected chi connectivity index (χ3v) is 3.87. The summed E-state index contributed by atoms with van der Waals surface area (Å²) in [5.41, 5.74) is 15.0. The Morgan fingerprint density at radius 3 is 2.57 bits per heavy atom. The van der Waals surface area contributed by atoms with Crippen molar-refractivity contribution in [1.29, 1.82) is 0 Å². The summed E-state index contributed by atoms with van der Waals surface area (Å²) < 4.78 is 17.0. The molecule has 2 aromatic carbocycles. The molecule has 0 aliphatic carbocycles. The number of nitrogens with two attached hydrogens (primary N) is 2. The van der Waals surface area contributed by atoms with E-state index in [4.69, 9.17) is 11.5 Å². The molecule has 0 aliphatic heterocycles. The number of hydrogen-bond acceptors (Lipinski definition) is 3. The van der Waals surface area contributed by atoms with Crippen LogP contribution in [0, 0.1) is 5.82 Å². The van der Waals surface area contributed by atoms with Crippen molar-refractivity contribution >= 4 is 32.5 Å². The van der Waals surface area contributed by atoms with E-state index in [1.807, 2.05) is 18.4 Å². The van der Waals surface area contributed by atoms with E-state index < -0.39 is 9.39 Å². The molecule has 0 bridgehead atoms. The van der Waals surface area contributed by atoms with Gasteiger partial charge >= 0.3 is 0 Å². The van der Waals surface area contributed by atoms with Crippen LogP contribution in [0.2, 0.25) is 0 Å². The maximum Gasteiger partial charge on any atom is 0.124 e. The van der Waals surface area contributed by atoms with Crippen molar-refractivity contribution in [2.45, 2.75) is 6.54 Å². The average molecular weight is 305 g/mol. The predicted octanol–water partition coefficient (Wildman–Crippen LogP) is 2.96. The zero-order valence-electron chi connectivity index (χ0n) is 12.0. The molecular weight excluding hydrogens is 285 g/mol. The van der Waals surface area contributed by atoms with Crippen molar-refractivity contribution in [3.05, 3.63) is 47.8 Å². The Kier molecular flexibility index (Phi) is 4.25. The first-order chi connectivity index (χ1) is 9.76. The van der Waals surface area contributed by atoms with Crippen LogP contribution in [-0.4, -0.2) is 18.0 Å². The number of anilines is 2. The number of halogens is 1. The third kappa shape index (κ3) is 4.00. The second-order valence-electron chi connectivity index (χ2n) is 5.25. The fourth-order valence-corrected chi connectivity index (χ4v) is 2.52. The van der Waals surface area contributed by atoms with E-state index in [0.717, 1.165) is 11.1 Å². The summed E-state index contributed by atoms with van der Waals surface area (Å²) in [6, 6.07) is 10.2. The lowest BCUT2D eigenvalue weighted by Crippen LogP contribution is -2.08. The molecular formula is C16H20FN3S. The molecule has 5 heteroatoms. The van der Waals surface area contributed by atoms with Crippen LogP contribution >= 0.6 is 9.39 Å². The summed E-state index contributed by atoms with van der Waals surface area (Å²) in [7, 11) is -1.34. The Morgan fingerprint density at radius 1 is 1.19 bits per heavy atom. The first-order valence-electron chi connectivity index (χ1n) is 6.39. The highest BCUT2D eigenvalue weighted by Gasteiger charge is 2.08. The zero-order chi connectivity index (χ0) is 15.6. The second-order valence-corrected chi connectivity index (χ2v) is 8.09. The fourth-order valence-electron chi connectivity index (χ4n) is 2.00. The van der Waals surface area contributed by atoms with Gasteiger partial charge in [-0.3, -0.25) is 4.72 Å². The number of rotatable bonds is 4. The molecule has 0 atom stereocenters. The SMILES string of the molecule is C=S(=C)(C)NCc1cc(F)cc(-c2cccc(N)c2N)c1. The molecule has 0 radical (unpaired) electrons. The molecule has 0 amide bonds. The van der Waals surface area contributed by atoms with Gasteiger partial charge in [0.1, 0.15) is 5.82 Å². The van der Waals surface area contributed by atoms with Gasteiger partial charge in [-0.25, -0.2) is 4.39 Å². The highest BCUT2D eigenvalue weighted by molar-refractivity contribution is 8.25. The molecule has 0 aliphatic rings. The van der Waals surface area contributed by atoms with Crippen LogP contribution in [0.3, 0.4) is 0 Å². The summed E-state index contributed by atoms with van der Waals surface area (Å²) in [5.74, 6) is 7.58. The van der Waals surface area contributed by atoms with Gasteiger partial charge in [0.2, 0.25) is 0 Å². The molecule has 112 valence electrons. The number of hydrogen-bond donors (Lipinski definition) is 3.